The summed E-state index contributed by atoms with van der Waals surface area (Å²) in [5, 5.41) is 0. The number of nitrogens with zero attached hydrogens (tertiary/aromatic N) is 2. The number of aromatic nitrogens is 1. The molecule has 144 valence electrons. The molecule has 0 atom stereocenters. The summed E-state index contributed by atoms with van der Waals surface area (Å²) in [4.78, 5) is 18.1. The SMILES string of the molecule is Cc1[nH]c(C)c(S(=O)(=O)N2CCc3ccccc3C2)c1C(=O)N1CCCC1. The van der Waals surface area contributed by atoms with Crippen LogP contribution in [-0.2, 0) is 23.0 Å². The third-order valence-electron chi connectivity index (χ3n) is 5.62. The molecule has 1 aromatic heterocycles. The van der Waals surface area contributed by atoms with Crippen LogP contribution in [0.2, 0.25) is 0 Å². The first-order valence-corrected chi connectivity index (χ1v) is 10.9. The number of likely N-dealkylation sites (tertiary alicyclic amines) is 1. The second kappa shape index (κ2) is 6.80. The van der Waals surface area contributed by atoms with E-state index in [1.807, 2.05) is 24.3 Å². The van der Waals surface area contributed by atoms with Gasteiger partial charge in [0.1, 0.15) is 4.90 Å². The smallest absolute Gasteiger partial charge is 0.257 e. The van der Waals surface area contributed by atoms with Gasteiger partial charge in [0.15, 0.2) is 0 Å². The zero-order valence-corrected chi connectivity index (χ0v) is 16.6. The van der Waals surface area contributed by atoms with Crippen LogP contribution in [0.1, 0.15) is 45.7 Å². The van der Waals surface area contributed by atoms with Gasteiger partial charge in [-0.15, -0.1) is 0 Å². The second-order valence-electron chi connectivity index (χ2n) is 7.44. The van der Waals surface area contributed by atoms with E-state index in [0.717, 1.165) is 18.4 Å². The van der Waals surface area contributed by atoms with Crippen LogP contribution in [0.5, 0.6) is 0 Å². The quantitative estimate of drug-likeness (QED) is 0.880. The molecule has 3 heterocycles. The number of aryl methyl sites for hydroxylation is 2. The first-order valence-electron chi connectivity index (χ1n) is 9.45. The van der Waals surface area contributed by atoms with Crippen molar-refractivity contribution >= 4 is 15.9 Å². The lowest BCUT2D eigenvalue weighted by molar-refractivity contribution is 0.0788. The standard InChI is InChI=1S/C20H25N3O3S/c1-14-18(20(24)22-10-5-6-11-22)19(15(2)21-14)27(25,26)23-12-9-16-7-3-4-8-17(16)13-23/h3-4,7-8,21H,5-6,9-13H2,1-2H3. The maximum atomic E-state index is 13.5. The van der Waals surface area contributed by atoms with Crippen molar-refractivity contribution in [3.63, 3.8) is 0 Å². The Bertz CT molecular complexity index is 988. The van der Waals surface area contributed by atoms with E-state index in [9.17, 15) is 13.2 Å². The fraction of sp³-hybridized carbons (Fsp3) is 0.450. The molecule has 4 rings (SSSR count). The Kier molecular flexibility index (Phi) is 4.60. The van der Waals surface area contributed by atoms with Gasteiger partial charge in [-0.2, -0.15) is 4.31 Å². The number of benzene rings is 1. The molecule has 0 spiro atoms. The van der Waals surface area contributed by atoms with Crippen molar-refractivity contribution in [2.75, 3.05) is 19.6 Å². The van der Waals surface area contributed by atoms with E-state index in [1.54, 1.807) is 18.7 Å². The highest BCUT2D eigenvalue weighted by molar-refractivity contribution is 7.89. The molecule has 0 unspecified atom stereocenters. The van der Waals surface area contributed by atoms with Crippen molar-refractivity contribution in [1.29, 1.82) is 0 Å². The van der Waals surface area contributed by atoms with Gasteiger partial charge in [-0.25, -0.2) is 8.42 Å². The van der Waals surface area contributed by atoms with Gasteiger partial charge in [0.05, 0.1) is 5.56 Å². The minimum Gasteiger partial charge on any atom is -0.361 e. The number of amides is 1. The number of rotatable bonds is 3. The number of H-pyrrole nitrogens is 1. The molecule has 1 amide bonds. The second-order valence-corrected chi connectivity index (χ2v) is 9.31. The average molecular weight is 388 g/mol. The summed E-state index contributed by atoms with van der Waals surface area (Å²) in [5.41, 5.74) is 3.70. The van der Waals surface area contributed by atoms with Gasteiger partial charge in [0, 0.05) is 37.6 Å². The maximum Gasteiger partial charge on any atom is 0.257 e. The topological polar surface area (TPSA) is 73.5 Å². The molecule has 27 heavy (non-hydrogen) atoms. The van der Waals surface area contributed by atoms with Gasteiger partial charge in [0.2, 0.25) is 10.0 Å². The van der Waals surface area contributed by atoms with Crippen LogP contribution in [0, 0.1) is 13.8 Å². The van der Waals surface area contributed by atoms with E-state index < -0.39 is 10.0 Å². The Hall–Kier alpha value is -2.12. The number of aromatic amines is 1. The monoisotopic (exact) mass is 387 g/mol. The molecule has 6 nitrogen and oxygen atoms in total. The Morgan fingerprint density at radius 3 is 2.37 bits per heavy atom. The number of hydrogen-bond donors (Lipinski definition) is 1. The van der Waals surface area contributed by atoms with Crippen LogP contribution in [0.15, 0.2) is 29.2 Å². The molecule has 1 N–H and O–H groups in total. The molecule has 0 radical (unpaired) electrons. The zero-order chi connectivity index (χ0) is 19.2. The van der Waals surface area contributed by atoms with Gasteiger partial charge in [-0.05, 0) is 44.2 Å². The van der Waals surface area contributed by atoms with Crippen LogP contribution in [-0.4, -0.2) is 48.1 Å². The van der Waals surface area contributed by atoms with Gasteiger partial charge < -0.3 is 9.88 Å². The molecule has 0 aliphatic carbocycles. The summed E-state index contributed by atoms with van der Waals surface area (Å²) in [5.74, 6) is -0.176. The van der Waals surface area contributed by atoms with Gasteiger partial charge >= 0.3 is 0 Å². The highest BCUT2D eigenvalue weighted by Crippen LogP contribution is 2.31. The number of carbonyl (C=O) groups excluding carboxylic acids is 1. The van der Waals surface area contributed by atoms with E-state index in [4.69, 9.17) is 0 Å². The maximum absolute atomic E-state index is 13.5. The zero-order valence-electron chi connectivity index (χ0n) is 15.8. The van der Waals surface area contributed by atoms with Gasteiger partial charge in [-0.1, -0.05) is 24.3 Å². The molecule has 0 bridgehead atoms. The molecule has 2 aromatic rings. The van der Waals surface area contributed by atoms with Crippen molar-refractivity contribution in [3.05, 3.63) is 52.3 Å². The molecule has 1 fully saturated rings. The number of carbonyl (C=O) groups is 1. The van der Waals surface area contributed by atoms with Crippen molar-refractivity contribution < 1.29 is 13.2 Å². The minimum atomic E-state index is -3.77. The van der Waals surface area contributed by atoms with E-state index in [-0.39, 0.29) is 10.8 Å². The summed E-state index contributed by atoms with van der Waals surface area (Å²) in [7, 11) is -3.77. The predicted molar refractivity (Wildman–Crippen MR) is 103 cm³/mol. The van der Waals surface area contributed by atoms with Crippen molar-refractivity contribution in [1.82, 2.24) is 14.2 Å². The van der Waals surface area contributed by atoms with E-state index in [0.29, 0.717) is 49.6 Å². The average Bonchev–Trinajstić information content (AvgIpc) is 3.28. The largest absolute Gasteiger partial charge is 0.361 e. The third-order valence-corrected chi connectivity index (χ3v) is 7.64. The molecule has 7 heteroatoms. The normalized spacial score (nSPS) is 17.9. The predicted octanol–water partition coefficient (Wildman–Crippen LogP) is 2.61. The van der Waals surface area contributed by atoms with E-state index >= 15 is 0 Å². The summed E-state index contributed by atoms with van der Waals surface area (Å²) in [6, 6.07) is 7.94. The highest BCUT2D eigenvalue weighted by atomic mass is 32.2. The van der Waals surface area contributed by atoms with Gasteiger partial charge in [-0.3, -0.25) is 4.79 Å². The molecule has 0 saturated carbocycles. The Balaban J connectivity index is 1.73. The summed E-state index contributed by atoms with van der Waals surface area (Å²) in [6.45, 7) is 5.68. The highest BCUT2D eigenvalue weighted by Gasteiger charge is 2.36. The molecule has 2 aliphatic heterocycles. The lowest BCUT2D eigenvalue weighted by Gasteiger charge is -2.28. The van der Waals surface area contributed by atoms with E-state index in [2.05, 4.69) is 4.98 Å². The number of fused-ring (bicyclic) bond motifs is 1. The molecular weight excluding hydrogens is 362 g/mol. The van der Waals surface area contributed by atoms with Crippen molar-refractivity contribution in [2.45, 2.75) is 44.6 Å². The lowest BCUT2D eigenvalue weighted by Crippen LogP contribution is -2.37. The molecular formula is C20H25N3O3S. The lowest BCUT2D eigenvalue weighted by atomic mass is 10.0. The fourth-order valence-electron chi connectivity index (χ4n) is 4.22. The fourth-order valence-corrected chi connectivity index (χ4v) is 6.06. The summed E-state index contributed by atoms with van der Waals surface area (Å²) < 4.78 is 28.5. The third kappa shape index (κ3) is 3.08. The van der Waals surface area contributed by atoms with Crippen LogP contribution in [0.3, 0.4) is 0 Å². The van der Waals surface area contributed by atoms with Crippen molar-refractivity contribution in [2.24, 2.45) is 0 Å². The van der Waals surface area contributed by atoms with Crippen LogP contribution < -0.4 is 0 Å². The van der Waals surface area contributed by atoms with Gasteiger partial charge in [0.25, 0.3) is 5.91 Å². The van der Waals surface area contributed by atoms with Crippen LogP contribution in [0.4, 0.5) is 0 Å². The first kappa shape index (κ1) is 18.3. The number of sulfonamides is 1. The number of hydrogen-bond acceptors (Lipinski definition) is 3. The minimum absolute atomic E-state index is 0.149. The van der Waals surface area contributed by atoms with Crippen LogP contribution in [0.25, 0.3) is 0 Å². The molecule has 1 saturated heterocycles. The summed E-state index contributed by atoms with van der Waals surface area (Å²) in [6.07, 6.45) is 2.63. The first-order chi connectivity index (χ1) is 12.9. The van der Waals surface area contributed by atoms with Crippen LogP contribution >= 0.6 is 0 Å². The van der Waals surface area contributed by atoms with Crippen molar-refractivity contribution in [3.8, 4) is 0 Å². The Morgan fingerprint density at radius 1 is 1.00 bits per heavy atom. The Labute approximate surface area is 160 Å². The summed E-state index contributed by atoms with van der Waals surface area (Å²) >= 11 is 0. The Morgan fingerprint density at radius 2 is 1.67 bits per heavy atom. The molecule has 1 aromatic carbocycles. The van der Waals surface area contributed by atoms with E-state index in [1.165, 1.54) is 9.87 Å². The molecule has 2 aliphatic rings. The number of nitrogens with one attached hydrogen (secondary N) is 1.